The van der Waals surface area contributed by atoms with E-state index >= 15 is 0 Å². The normalized spacial score (nSPS) is 15.9. The second kappa shape index (κ2) is 9.15. The Morgan fingerprint density at radius 3 is 2.64 bits per heavy atom. The van der Waals surface area contributed by atoms with Crippen molar-refractivity contribution in [2.45, 2.75) is 49.3 Å². The van der Waals surface area contributed by atoms with E-state index in [1.165, 1.54) is 48.0 Å². The molecule has 1 aliphatic heterocycles. The Labute approximate surface area is 200 Å². The molecule has 7 heteroatoms. The summed E-state index contributed by atoms with van der Waals surface area (Å²) in [5, 5.41) is 0.721. The van der Waals surface area contributed by atoms with E-state index in [1.807, 2.05) is 24.3 Å². The van der Waals surface area contributed by atoms with Gasteiger partial charge in [-0.1, -0.05) is 35.9 Å². The minimum atomic E-state index is -4.35. The van der Waals surface area contributed by atoms with Crippen LogP contribution in [0.15, 0.2) is 65.6 Å². The van der Waals surface area contributed by atoms with Crippen molar-refractivity contribution in [3.8, 4) is 5.75 Å². The third kappa shape index (κ3) is 5.12. The predicted octanol–water partition coefficient (Wildman–Crippen LogP) is 8.28. The Kier molecular flexibility index (Phi) is 6.23. The highest BCUT2D eigenvalue weighted by Crippen LogP contribution is 2.44. The predicted molar refractivity (Wildman–Crippen MR) is 127 cm³/mol. The van der Waals surface area contributed by atoms with Gasteiger partial charge in [0.1, 0.15) is 12.4 Å². The molecule has 0 spiro atoms. The number of aryl methyl sites for hydroxylation is 1. The molecule has 5 rings (SSSR count). The molecule has 3 aromatic carbocycles. The Morgan fingerprint density at radius 2 is 1.85 bits per heavy atom. The Hall–Kier alpha value is -2.31. The molecule has 3 aromatic rings. The van der Waals surface area contributed by atoms with E-state index in [2.05, 4.69) is 16.4 Å². The lowest BCUT2D eigenvalue weighted by molar-refractivity contribution is -0.137. The summed E-state index contributed by atoms with van der Waals surface area (Å²) in [5.74, 6) is 1.30. The number of halogens is 4. The maximum atomic E-state index is 13.1. The maximum absolute atomic E-state index is 13.1. The lowest BCUT2D eigenvalue weighted by Crippen LogP contribution is -2.22. The molecule has 0 saturated heterocycles. The average Bonchev–Trinajstić information content (AvgIpc) is 3.63. The van der Waals surface area contributed by atoms with Crippen LogP contribution in [0.5, 0.6) is 5.75 Å². The fraction of sp³-hybridized carbons (Fsp3) is 0.308. The van der Waals surface area contributed by atoms with E-state index in [9.17, 15) is 13.2 Å². The van der Waals surface area contributed by atoms with Gasteiger partial charge in [-0.3, -0.25) is 0 Å². The number of rotatable bonds is 6. The van der Waals surface area contributed by atoms with Crippen LogP contribution in [0.1, 0.15) is 47.4 Å². The second-order valence-corrected chi connectivity index (χ2v) is 9.99. The molecule has 1 aliphatic carbocycles. The van der Waals surface area contributed by atoms with Crippen LogP contribution in [0.3, 0.4) is 0 Å². The van der Waals surface area contributed by atoms with Crippen LogP contribution in [0.25, 0.3) is 0 Å². The van der Waals surface area contributed by atoms with Crippen molar-refractivity contribution < 1.29 is 17.9 Å². The van der Waals surface area contributed by atoms with Crippen molar-refractivity contribution in [2.75, 3.05) is 10.8 Å². The topological polar surface area (TPSA) is 12.5 Å². The zero-order valence-electron chi connectivity index (χ0n) is 17.9. The van der Waals surface area contributed by atoms with Gasteiger partial charge in [0.2, 0.25) is 0 Å². The van der Waals surface area contributed by atoms with Crippen LogP contribution < -0.4 is 9.04 Å². The Morgan fingerprint density at radius 1 is 1.03 bits per heavy atom. The van der Waals surface area contributed by atoms with E-state index in [4.69, 9.17) is 16.3 Å². The van der Waals surface area contributed by atoms with Gasteiger partial charge in [-0.15, -0.1) is 0 Å². The number of alkyl halides is 3. The zero-order chi connectivity index (χ0) is 23.0. The molecular weight excluding hydrogens is 467 g/mol. The van der Waals surface area contributed by atoms with Gasteiger partial charge in [-0.05, 0) is 85.0 Å². The van der Waals surface area contributed by atoms with Crippen LogP contribution >= 0.6 is 23.5 Å². The number of hydrogen-bond donors (Lipinski definition) is 0. The number of fused-ring (bicyclic) bond motifs is 1. The summed E-state index contributed by atoms with van der Waals surface area (Å²) in [6, 6.07) is 17.5. The van der Waals surface area contributed by atoms with Gasteiger partial charge < -0.3 is 9.04 Å². The SMILES string of the molecule is FC(F)(F)c1cccc(SN2CCCc3ccc(OCc4c(Cl)cccc4C4CC4)cc32)c1. The standard InChI is InChI=1S/C26H23ClF3NOS/c27-24-8-2-7-22(17-9-10-17)23(24)16-32-20-12-11-18-4-3-13-31(25(18)15-20)33-21-6-1-5-19(14-21)26(28,29)30/h1-2,5-8,11-12,14-15,17H,3-4,9-10,13,16H2. The third-order valence-electron chi connectivity index (χ3n) is 6.07. The van der Waals surface area contributed by atoms with Gasteiger partial charge in [0.05, 0.1) is 11.3 Å². The van der Waals surface area contributed by atoms with Crippen LogP contribution in [0.2, 0.25) is 5.02 Å². The van der Waals surface area contributed by atoms with Crippen LogP contribution in [-0.4, -0.2) is 6.54 Å². The average molecular weight is 490 g/mol. The highest BCUT2D eigenvalue weighted by Gasteiger charge is 2.31. The minimum absolute atomic E-state index is 0.394. The van der Waals surface area contributed by atoms with E-state index in [0.717, 1.165) is 47.5 Å². The third-order valence-corrected chi connectivity index (χ3v) is 7.48. The highest BCUT2D eigenvalue weighted by atomic mass is 35.5. The van der Waals surface area contributed by atoms with Crippen LogP contribution in [-0.2, 0) is 19.2 Å². The van der Waals surface area contributed by atoms with Gasteiger partial charge in [-0.2, -0.15) is 13.2 Å². The summed E-state index contributed by atoms with van der Waals surface area (Å²) in [7, 11) is 0. The van der Waals surface area contributed by atoms with E-state index in [-0.39, 0.29) is 0 Å². The van der Waals surface area contributed by atoms with Crippen molar-refractivity contribution in [2.24, 2.45) is 0 Å². The smallest absolute Gasteiger partial charge is 0.416 e. The molecule has 0 radical (unpaired) electrons. The molecule has 2 nitrogen and oxygen atoms in total. The van der Waals surface area contributed by atoms with Gasteiger partial charge in [0.15, 0.2) is 0 Å². The van der Waals surface area contributed by atoms with E-state index < -0.39 is 11.7 Å². The molecule has 0 N–H and O–H groups in total. The molecule has 0 bridgehead atoms. The van der Waals surface area contributed by atoms with Gasteiger partial charge in [0, 0.05) is 28.1 Å². The molecule has 2 aliphatic rings. The summed E-state index contributed by atoms with van der Waals surface area (Å²) in [6.07, 6.45) is -0.0909. The lowest BCUT2D eigenvalue weighted by atomic mass is 10.0. The molecule has 33 heavy (non-hydrogen) atoms. The monoisotopic (exact) mass is 489 g/mol. The minimum Gasteiger partial charge on any atom is -0.489 e. The molecular formula is C26H23ClF3NOS. The first kappa shape index (κ1) is 22.5. The molecule has 0 unspecified atom stereocenters. The Bertz CT molecular complexity index is 1160. The molecule has 1 heterocycles. The zero-order valence-corrected chi connectivity index (χ0v) is 19.4. The van der Waals surface area contributed by atoms with Crippen LogP contribution in [0, 0.1) is 0 Å². The molecule has 0 atom stereocenters. The number of anilines is 1. The Balaban J connectivity index is 1.35. The molecule has 1 fully saturated rings. The van der Waals surface area contributed by atoms with Crippen LogP contribution in [0.4, 0.5) is 18.9 Å². The lowest BCUT2D eigenvalue weighted by Gasteiger charge is -2.30. The van der Waals surface area contributed by atoms with Gasteiger partial charge >= 0.3 is 6.18 Å². The van der Waals surface area contributed by atoms with Gasteiger partial charge in [-0.25, -0.2) is 0 Å². The molecule has 0 aromatic heterocycles. The first-order valence-corrected chi connectivity index (χ1v) is 12.2. The van der Waals surface area contributed by atoms with Gasteiger partial charge in [0.25, 0.3) is 0 Å². The van der Waals surface area contributed by atoms with E-state index in [1.54, 1.807) is 6.07 Å². The van der Waals surface area contributed by atoms with Crippen molar-refractivity contribution in [3.05, 3.63) is 87.9 Å². The van der Waals surface area contributed by atoms with Crippen molar-refractivity contribution >= 4 is 29.2 Å². The number of ether oxygens (including phenoxy) is 1. The summed E-state index contributed by atoms with van der Waals surface area (Å²) >= 11 is 7.80. The fourth-order valence-corrected chi connectivity index (χ4v) is 5.52. The number of hydrogen-bond acceptors (Lipinski definition) is 3. The molecule has 1 saturated carbocycles. The number of benzene rings is 3. The summed E-state index contributed by atoms with van der Waals surface area (Å²) in [5.41, 5.74) is 3.83. The first-order chi connectivity index (χ1) is 15.9. The molecule has 0 amide bonds. The largest absolute Gasteiger partial charge is 0.489 e. The fourth-order valence-electron chi connectivity index (χ4n) is 4.22. The highest BCUT2D eigenvalue weighted by molar-refractivity contribution is 8.00. The first-order valence-electron chi connectivity index (χ1n) is 11.0. The van der Waals surface area contributed by atoms with E-state index in [0.29, 0.717) is 17.4 Å². The summed E-state index contributed by atoms with van der Waals surface area (Å²) in [4.78, 5) is 0.564. The van der Waals surface area contributed by atoms with Crippen molar-refractivity contribution in [1.29, 1.82) is 0 Å². The number of nitrogens with zero attached hydrogens (tertiary/aromatic N) is 1. The summed E-state index contributed by atoms with van der Waals surface area (Å²) < 4.78 is 47.6. The maximum Gasteiger partial charge on any atom is 0.416 e. The molecule has 172 valence electrons. The second-order valence-electron chi connectivity index (χ2n) is 8.48. The summed E-state index contributed by atoms with van der Waals surface area (Å²) in [6.45, 7) is 1.15. The van der Waals surface area contributed by atoms with Crippen molar-refractivity contribution in [1.82, 2.24) is 0 Å². The van der Waals surface area contributed by atoms with Crippen molar-refractivity contribution in [3.63, 3.8) is 0 Å². The quantitative estimate of drug-likeness (QED) is 0.323.